The summed E-state index contributed by atoms with van der Waals surface area (Å²) in [7, 11) is 0. The second-order valence-corrected chi connectivity index (χ2v) is 6.09. The van der Waals surface area contributed by atoms with E-state index in [1.54, 1.807) is 11.3 Å². The summed E-state index contributed by atoms with van der Waals surface area (Å²) in [6.07, 6.45) is 0. The summed E-state index contributed by atoms with van der Waals surface area (Å²) in [5.74, 6) is 5.76. The van der Waals surface area contributed by atoms with Gasteiger partial charge in [0.05, 0.1) is 11.1 Å². The largest absolute Gasteiger partial charge is 0.271 e. The Balaban J connectivity index is 2.09. The SMILES string of the molecule is Cc1csc(C(NN)c2ccc3ccccc3c2)c1Cl. The van der Waals surface area contributed by atoms with Crippen LogP contribution in [0.1, 0.15) is 22.0 Å². The molecular weight excluding hydrogens is 288 g/mol. The van der Waals surface area contributed by atoms with E-state index in [9.17, 15) is 0 Å². The van der Waals surface area contributed by atoms with Gasteiger partial charge in [-0.2, -0.15) is 0 Å². The van der Waals surface area contributed by atoms with Gasteiger partial charge >= 0.3 is 0 Å². The molecule has 0 radical (unpaired) electrons. The van der Waals surface area contributed by atoms with E-state index in [4.69, 9.17) is 17.4 Å². The normalized spacial score (nSPS) is 12.8. The lowest BCUT2D eigenvalue weighted by Crippen LogP contribution is -2.28. The zero-order chi connectivity index (χ0) is 14.1. The number of nitrogens with one attached hydrogen (secondary N) is 1. The van der Waals surface area contributed by atoms with Crippen LogP contribution in [0.5, 0.6) is 0 Å². The molecule has 2 aromatic carbocycles. The fourth-order valence-electron chi connectivity index (χ4n) is 2.36. The van der Waals surface area contributed by atoms with E-state index < -0.39 is 0 Å². The van der Waals surface area contributed by atoms with Crippen LogP contribution in [0.3, 0.4) is 0 Å². The lowest BCUT2D eigenvalue weighted by Gasteiger charge is -2.16. The minimum atomic E-state index is -0.0780. The van der Waals surface area contributed by atoms with Crippen LogP contribution in [0, 0.1) is 6.92 Å². The molecule has 0 aliphatic rings. The van der Waals surface area contributed by atoms with Crippen molar-refractivity contribution in [1.82, 2.24) is 5.43 Å². The highest BCUT2D eigenvalue weighted by Crippen LogP contribution is 2.36. The van der Waals surface area contributed by atoms with Crippen LogP contribution in [0.4, 0.5) is 0 Å². The van der Waals surface area contributed by atoms with Crippen LogP contribution >= 0.6 is 22.9 Å². The maximum absolute atomic E-state index is 6.37. The number of hydrogen-bond donors (Lipinski definition) is 2. The molecule has 3 rings (SSSR count). The summed E-state index contributed by atoms with van der Waals surface area (Å²) in [4.78, 5) is 1.06. The third kappa shape index (κ3) is 2.34. The number of rotatable bonds is 3. The van der Waals surface area contributed by atoms with Gasteiger partial charge in [-0.1, -0.05) is 48.0 Å². The highest BCUT2D eigenvalue weighted by molar-refractivity contribution is 7.10. The molecule has 0 fully saturated rings. The van der Waals surface area contributed by atoms with Crippen molar-refractivity contribution in [2.24, 2.45) is 5.84 Å². The first-order valence-electron chi connectivity index (χ1n) is 6.39. The number of hydrogen-bond acceptors (Lipinski definition) is 3. The maximum atomic E-state index is 6.37. The third-order valence-corrected chi connectivity index (χ3v) is 5.24. The fraction of sp³-hybridized carbons (Fsp3) is 0.125. The Morgan fingerprint density at radius 3 is 2.55 bits per heavy atom. The van der Waals surface area contributed by atoms with Gasteiger partial charge in [-0.3, -0.25) is 5.84 Å². The van der Waals surface area contributed by atoms with Crippen molar-refractivity contribution < 1.29 is 0 Å². The molecule has 4 heteroatoms. The summed E-state index contributed by atoms with van der Waals surface area (Å²) < 4.78 is 0. The number of aryl methyl sites for hydroxylation is 1. The average Bonchev–Trinajstić information content (AvgIpc) is 2.80. The molecule has 0 amide bonds. The Morgan fingerprint density at radius 2 is 1.90 bits per heavy atom. The lowest BCUT2D eigenvalue weighted by molar-refractivity contribution is 0.647. The lowest BCUT2D eigenvalue weighted by atomic mass is 10.0. The minimum absolute atomic E-state index is 0.0780. The van der Waals surface area contributed by atoms with Gasteiger partial charge in [0, 0.05) is 4.88 Å². The van der Waals surface area contributed by atoms with Crippen LogP contribution < -0.4 is 11.3 Å². The molecule has 0 aliphatic heterocycles. The molecular formula is C16H15ClN2S. The van der Waals surface area contributed by atoms with Gasteiger partial charge in [0.25, 0.3) is 0 Å². The van der Waals surface area contributed by atoms with Crippen molar-refractivity contribution in [2.75, 3.05) is 0 Å². The van der Waals surface area contributed by atoms with Crippen molar-refractivity contribution >= 4 is 33.7 Å². The summed E-state index contributed by atoms with van der Waals surface area (Å²) in [5, 5.41) is 5.28. The van der Waals surface area contributed by atoms with E-state index in [-0.39, 0.29) is 6.04 Å². The first-order valence-corrected chi connectivity index (χ1v) is 7.65. The van der Waals surface area contributed by atoms with E-state index in [0.29, 0.717) is 0 Å². The van der Waals surface area contributed by atoms with Crippen molar-refractivity contribution in [3.05, 3.63) is 68.9 Å². The van der Waals surface area contributed by atoms with Crippen molar-refractivity contribution in [3.8, 4) is 0 Å². The minimum Gasteiger partial charge on any atom is -0.271 e. The van der Waals surface area contributed by atoms with E-state index >= 15 is 0 Å². The van der Waals surface area contributed by atoms with Crippen LogP contribution in [0.25, 0.3) is 10.8 Å². The van der Waals surface area contributed by atoms with Gasteiger partial charge in [-0.25, -0.2) is 5.43 Å². The van der Waals surface area contributed by atoms with Gasteiger partial charge in [-0.05, 0) is 40.3 Å². The molecule has 1 atom stereocenters. The van der Waals surface area contributed by atoms with E-state index in [1.165, 1.54) is 10.8 Å². The fourth-order valence-corrected chi connectivity index (χ4v) is 3.74. The summed E-state index contributed by atoms with van der Waals surface area (Å²) >= 11 is 8.00. The highest BCUT2D eigenvalue weighted by atomic mass is 35.5. The van der Waals surface area contributed by atoms with E-state index in [2.05, 4.69) is 41.1 Å². The van der Waals surface area contributed by atoms with Crippen molar-refractivity contribution in [2.45, 2.75) is 13.0 Å². The van der Waals surface area contributed by atoms with E-state index in [0.717, 1.165) is 21.0 Å². The molecule has 3 aromatic rings. The number of benzene rings is 2. The third-order valence-electron chi connectivity index (χ3n) is 3.46. The predicted octanol–water partition coefficient (Wildman–Crippen LogP) is 4.42. The van der Waals surface area contributed by atoms with Crippen LogP contribution in [-0.2, 0) is 0 Å². The second-order valence-electron chi connectivity index (χ2n) is 4.80. The molecule has 0 spiro atoms. The van der Waals surface area contributed by atoms with Gasteiger partial charge < -0.3 is 0 Å². The van der Waals surface area contributed by atoms with Gasteiger partial charge in [0.1, 0.15) is 0 Å². The number of thiophene rings is 1. The van der Waals surface area contributed by atoms with Gasteiger partial charge in [0.15, 0.2) is 0 Å². The van der Waals surface area contributed by atoms with Crippen molar-refractivity contribution in [1.29, 1.82) is 0 Å². The van der Waals surface area contributed by atoms with Gasteiger partial charge in [-0.15, -0.1) is 11.3 Å². The van der Waals surface area contributed by atoms with Crippen LogP contribution in [0.15, 0.2) is 47.8 Å². The second kappa shape index (κ2) is 5.54. The zero-order valence-electron chi connectivity index (χ0n) is 11.1. The topological polar surface area (TPSA) is 38.0 Å². The quantitative estimate of drug-likeness (QED) is 0.555. The molecule has 1 unspecified atom stereocenters. The molecule has 1 heterocycles. The molecule has 0 saturated heterocycles. The zero-order valence-corrected chi connectivity index (χ0v) is 12.6. The number of hydrazine groups is 1. The Bertz CT molecular complexity index is 751. The smallest absolute Gasteiger partial charge is 0.0817 e. The first-order chi connectivity index (χ1) is 9.70. The highest BCUT2D eigenvalue weighted by Gasteiger charge is 2.18. The average molecular weight is 303 g/mol. The molecule has 0 saturated carbocycles. The summed E-state index contributed by atoms with van der Waals surface area (Å²) in [6, 6.07) is 14.6. The molecule has 0 bridgehead atoms. The Labute approximate surface area is 127 Å². The van der Waals surface area contributed by atoms with Crippen LogP contribution in [-0.4, -0.2) is 0 Å². The van der Waals surface area contributed by atoms with Crippen molar-refractivity contribution in [3.63, 3.8) is 0 Å². The van der Waals surface area contributed by atoms with Gasteiger partial charge in [0.2, 0.25) is 0 Å². The first kappa shape index (κ1) is 13.6. The molecule has 20 heavy (non-hydrogen) atoms. The Morgan fingerprint density at radius 1 is 1.15 bits per heavy atom. The molecule has 3 N–H and O–H groups in total. The summed E-state index contributed by atoms with van der Waals surface area (Å²) in [5.41, 5.74) is 5.09. The number of nitrogens with two attached hydrogens (primary N) is 1. The standard InChI is InChI=1S/C16H15ClN2S/c1-10-9-20-16(14(10)17)15(19-18)13-7-6-11-4-2-3-5-12(11)8-13/h2-9,15,19H,18H2,1H3. The number of halogens is 1. The van der Waals surface area contributed by atoms with Crippen LogP contribution in [0.2, 0.25) is 5.02 Å². The monoisotopic (exact) mass is 302 g/mol. The predicted molar refractivity (Wildman–Crippen MR) is 87.2 cm³/mol. The molecule has 2 nitrogen and oxygen atoms in total. The maximum Gasteiger partial charge on any atom is 0.0817 e. The Kier molecular flexibility index (Phi) is 3.76. The molecule has 102 valence electrons. The molecule has 0 aliphatic carbocycles. The summed E-state index contributed by atoms with van der Waals surface area (Å²) in [6.45, 7) is 2.01. The van der Waals surface area contributed by atoms with E-state index in [1.807, 2.05) is 19.1 Å². The number of fused-ring (bicyclic) bond motifs is 1. The Hall–Kier alpha value is -1.39. The molecule has 1 aromatic heterocycles.